The number of carbonyl (C=O) groups is 2. The molecule has 1 heterocycles. The highest BCUT2D eigenvalue weighted by Gasteiger charge is 2.60. The number of amides is 2. The van der Waals surface area contributed by atoms with Gasteiger partial charge in [-0.25, -0.2) is 0 Å². The van der Waals surface area contributed by atoms with Gasteiger partial charge in [-0.05, 0) is 18.3 Å². The SMILES string of the molecule is C=CON1C(=O)C2C(C1=O)[C@H]1C=C[C@@H]2C1. The Kier molecular flexibility index (Phi) is 1.58. The maximum atomic E-state index is 11.9. The van der Waals surface area contributed by atoms with Crippen LogP contribution in [0.15, 0.2) is 25.0 Å². The maximum absolute atomic E-state index is 11.9. The molecule has 4 atom stereocenters. The van der Waals surface area contributed by atoms with Crippen molar-refractivity contribution in [1.29, 1.82) is 0 Å². The van der Waals surface area contributed by atoms with Crippen LogP contribution in [-0.4, -0.2) is 16.9 Å². The number of allylic oxidation sites excluding steroid dienone is 2. The van der Waals surface area contributed by atoms with E-state index in [9.17, 15) is 9.59 Å². The lowest BCUT2D eigenvalue weighted by atomic mass is 9.85. The van der Waals surface area contributed by atoms with Crippen LogP contribution < -0.4 is 0 Å². The van der Waals surface area contributed by atoms with Crippen molar-refractivity contribution in [1.82, 2.24) is 5.06 Å². The number of hydroxylamine groups is 2. The summed E-state index contributed by atoms with van der Waals surface area (Å²) in [5, 5.41) is 0.870. The Hall–Kier alpha value is -1.58. The molecule has 0 aromatic carbocycles. The monoisotopic (exact) mass is 205 g/mol. The number of rotatable bonds is 2. The Balaban J connectivity index is 1.96. The molecule has 78 valence electrons. The lowest BCUT2D eigenvalue weighted by Gasteiger charge is -2.13. The van der Waals surface area contributed by atoms with Gasteiger partial charge in [-0.15, -0.1) is 5.06 Å². The van der Waals surface area contributed by atoms with Crippen LogP contribution in [0.4, 0.5) is 0 Å². The molecule has 1 saturated carbocycles. The molecule has 15 heavy (non-hydrogen) atoms. The fourth-order valence-electron chi connectivity index (χ4n) is 3.05. The van der Waals surface area contributed by atoms with E-state index < -0.39 is 0 Å². The molecule has 2 amide bonds. The molecule has 1 saturated heterocycles. The molecule has 0 radical (unpaired) electrons. The van der Waals surface area contributed by atoms with Gasteiger partial charge in [0.15, 0.2) is 0 Å². The van der Waals surface area contributed by atoms with E-state index >= 15 is 0 Å². The third kappa shape index (κ3) is 0.914. The minimum atomic E-state index is -0.207. The Morgan fingerprint density at radius 3 is 2.27 bits per heavy atom. The van der Waals surface area contributed by atoms with Gasteiger partial charge < -0.3 is 4.84 Å². The molecule has 2 bridgehead atoms. The number of imide groups is 1. The second kappa shape index (κ2) is 2.72. The van der Waals surface area contributed by atoms with E-state index in [1.54, 1.807) is 0 Å². The smallest absolute Gasteiger partial charge is 0.267 e. The van der Waals surface area contributed by atoms with E-state index in [0.717, 1.165) is 17.7 Å². The zero-order valence-electron chi connectivity index (χ0n) is 8.13. The molecule has 3 aliphatic rings. The average Bonchev–Trinajstić information content (AvgIpc) is 2.87. The molecule has 0 aromatic heterocycles. The van der Waals surface area contributed by atoms with Crippen LogP contribution in [0.25, 0.3) is 0 Å². The Morgan fingerprint density at radius 2 is 1.80 bits per heavy atom. The van der Waals surface area contributed by atoms with Gasteiger partial charge in [0.1, 0.15) is 6.26 Å². The molecule has 2 aliphatic carbocycles. The fourth-order valence-corrected chi connectivity index (χ4v) is 3.05. The zero-order valence-corrected chi connectivity index (χ0v) is 8.13. The number of nitrogens with zero attached hydrogens (tertiary/aromatic N) is 1. The number of fused-ring (bicyclic) bond motifs is 5. The summed E-state index contributed by atoms with van der Waals surface area (Å²) in [6, 6.07) is 0. The molecule has 2 fully saturated rings. The topological polar surface area (TPSA) is 46.6 Å². The van der Waals surface area contributed by atoms with E-state index in [0.29, 0.717) is 0 Å². The van der Waals surface area contributed by atoms with Crippen LogP contribution in [-0.2, 0) is 14.4 Å². The van der Waals surface area contributed by atoms with Gasteiger partial charge in [0.2, 0.25) is 0 Å². The Morgan fingerprint density at radius 1 is 1.27 bits per heavy atom. The van der Waals surface area contributed by atoms with Gasteiger partial charge in [-0.2, -0.15) is 0 Å². The molecular weight excluding hydrogens is 194 g/mol. The van der Waals surface area contributed by atoms with Crippen molar-refractivity contribution in [3.8, 4) is 0 Å². The first-order chi connectivity index (χ1) is 7.24. The molecular formula is C11H11NO3. The Bertz CT molecular complexity index is 357. The van der Waals surface area contributed by atoms with Gasteiger partial charge >= 0.3 is 0 Å². The molecule has 4 nitrogen and oxygen atoms in total. The highest BCUT2D eigenvalue weighted by atomic mass is 16.7. The molecule has 1 aliphatic heterocycles. The number of carbonyl (C=O) groups excluding carboxylic acids is 2. The summed E-state index contributed by atoms with van der Waals surface area (Å²) < 4.78 is 0. The number of hydrogen-bond donors (Lipinski definition) is 0. The maximum Gasteiger partial charge on any atom is 0.267 e. The van der Waals surface area contributed by atoms with E-state index in [2.05, 4.69) is 18.7 Å². The summed E-state index contributed by atoms with van der Waals surface area (Å²) in [6.07, 6.45) is 6.16. The van der Waals surface area contributed by atoms with Crippen LogP contribution in [0, 0.1) is 23.7 Å². The quantitative estimate of drug-likeness (QED) is 0.382. The standard InChI is InChI=1S/C11H11NO3/c1-2-15-12-10(13)8-6-3-4-7(5-6)9(8)11(12)14/h2-4,6-9H,1,5H2/t6-,7+,8?,9?. The average molecular weight is 205 g/mol. The molecule has 3 rings (SSSR count). The predicted octanol–water partition coefficient (Wildman–Crippen LogP) is 0.869. The van der Waals surface area contributed by atoms with Crippen molar-refractivity contribution >= 4 is 11.8 Å². The molecule has 2 unspecified atom stereocenters. The summed E-state index contributed by atoms with van der Waals surface area (Å²) in [4.78, 5) is 28.6. The first-order valence-electron chi connectivity index (χ1n) is 5.08. The fraction of sp³-hybridized carbons (Fsp3) is 0.455. The first-order valence-corrected chi connectivity index (χ1v) is 5.08. The summed E-state index contributed by atoms with van der Waals surface area (Å²) in [5.41, 5.74) is 0. The van der Waals surface area contributed by atoms with Crippen LogP contribution in [0.1, 0.15) is 6.42 Å². The van der Waals surface area contributed by atoms with Gasteiger partial charge in [-0.1, -0.05) is 18.7 Å². The van der Waals surface area contributed by atoms with Crippen molar-refractivity contribution in [2.75, 3.05) is 0 Å². The third-order valence-corrected chi connectivity index (χ3v) is 3.61. The van der Waals surface area contributed by atoms with E-state index in [-0.39, 0.29) is 35.5 Å². The van der Waals surface area contributed by atoms with E-state index in [1.165, 1.54) is 0 Å². The highest BCUT2D eigenvalue weighted by Crippen LogP contribution is 2.52. The highest BCUT2D eigenvalue weighted by molar-refractivity contribution is 6.05. The predicted molar refractivity (Wildman–Crippen MR) is 50.9 cm³/mol. The van der Waals surface area contributed by atoms with Crippen LogP contribution in [0.3, 0.4) is 0 Å². The Labute approximate surface area is 87.1 Å². The summed E-state index contributed by atoms with van der Waals surface area (Å²) in [5.74, 6) is -0.326. The second-order valence-corrected chi connectivity index (χ2v) is 4.24. The second-order valence-electron chi connectivity index (χ2n) is 4.24. The zero-order chi connectivity index (χ0) is 10.6. The minimum Gasteiger partial charge on any atom is -0.378 e. The molecule has 0 N–H and O–H groups in total. The summed E-state index contributed by atoms with van der Waals surface area (Å²) in [7, 11) is 0. The van der Waals surface area contributed by atoms with Crippen molar-refractivity contribution in [2.45, 2.75) is 6.42 Å². The van der Waals surface area contributed by atoms with Crippen molar-refractivity contribution < 1.29 is 14.4 Å². The van der Waals surface area contributed by atoms with Crippen LogP contribution in [0.2, 0.25) is 0 Å². The minimum absolute atomic E-state index is 0.188. The first kappa shape index (κ1) is 8.71. The van der Waals surface area contributed by atoms with Gasteiger partial charge in [-0.3, -0.25) is 9.59 Å². The van der Waals surface area contributed by atoms with Crippen molar-refractivity contribution in [3.05, 3.63) is 25.0 Å². The summed E-state index contributed by atoms with van der Waals surface area (Å²) >= 11 is 0. The number of hydrogen-bond acceptors (Lipinski definition) is 3. The lowest BCUT2D eigenvalue weighted by molar-refractivity contribution is -0.175. The van der Waals surface area contributed by atoms with E-state index in [1.807, 2.05) is 0 Å². The van der Waals surface area contributed by atoms with Crippen molar-refractivity contribution in [3.63, 3.8) is 0 Å². The van der Waals surface area contributed by atoms with Gasteiger partial charge in [0, 0.05) is 0 Å². The molecule has 0 spiro atoms. The third-order valence-electron chi connectivity index (χ3n) is 3.61. The van der Waals surface area contributed by atoms with E-state index in [4.69, 9.17) is 4.84 Å². The molecule has 0 aromatic rings. The van der Waals surface area contributed by atoms with Gasteiger partial charge in [0.05, 0.1) is 11.8 Å². The van der Waals surface area contributed by atoms with Gasteiger partial charge in [0.25, 0.3) is 11.8 Å². The van der Waals surface area contributed by atoms with Crippen LogP contribution in [0.5, 0.6) is 0 Å². The molecule has 4 heteroatoms. The normalized spacial score (nSPS) is 41.2. The largest absolute Gasteiger partial charge is 0.378 e. The summed E-state index contributed by atoms with van der Waals surface area (Å²) in [6.45, 7) is 3.36. The van der Waals surface area contributed by atoms with Crippen molar-refractivity contribution in [2.24, 2.45) is 23.7 Å². The van der Waals surface area contributed by atoms with Crippen LogP contribution >= 0.6 is 0 Å². The lowest BCUT2D eigenvalue weighted by Crippen LogP contribution is -2.31.